The van der Waals surface area contributed by atoms with E-state index in [9.17, 15) is 8.42 Å². The quantitative estimate of drug-likeness (QED) is 0.285. The molecule has 0 heterocycles. The number of nitrogens with one attached hydrogen (secondary N) is 1. The number of hydrogen-bond donors (Lipinski definition) is 1. The van der Waals surface area contributed by atoms with Crippen molar-refractivity contribution >= 4 is 38.2 Å². The minimum absolute atomic E-state index is 0.287. The van der Waals surface area contributed by atoms with Gasteiger partial charge in [-0.25, -0.2) is 8.42 Å². The highest BCUT2D eigenvalue weighted by Gasteiger charge is 2.48. The van der Waals surface area contributed by atoms with Crippen LogP contribution in [0.1, 0.15) is 27.8 Å². The first kappa shape index (κ1) is 22.1. The van der Waals surface area contributed by atoms with Crippen molar-refractivity contribution in [3.8, 4) is 0 Å². The first-order valence-corrected chi connectivity index (χ1v) is 13.2. The molecule has 1 N–H and O–H groups in total. The molecule has 0 fully saturated rings. The van der Waals surface area contributed by atoms with Gasteiger partial charge >= 0.3 is 0 Å². The van der Waals surface area contributed by atoms with Crippen LogP contribution < -0.4 is 4.72 Å². The predicted octanol–water partition coefficient (Wildman–Crippen LogP) is 6.43. The molecular formula is C28H22INO2S. The maximum atomic E-state index is 13.8. The molecule has 0 radical (unpaired) electrons. The summed E-state index contributed by atoms with van der Waals surface area (Å²) in [4.78, 5) is 0.287. The van der Waals surface area contributed by atoms with E-state index in [1.807, 2.05) is 85.8 Å². The Balaban J connectivity index is 1.83. The Hall–Kier alpha value is -2.74. The molecule has 4 aromatic carbocycles. The number of halogens is 1. The van der Waals surface area contributed by atoms with E-state index in [2.05, 4.69) is 45.5 Å². The van der Waals surface area contributed by atoms with Crippen LogP contribution in [0.15, 0.2) is 118 Å². The zero-order chi connectivity index (χ0) is 23.1. The third kappa shape index (κ3) is 3.64. The lowest BCUT2D eigenvalue weighted by atomic mass is 9.86. The van der Waals surface area contributed by atoms with E-state index in [1.54, 1.807) is 12.1 Å². The Morgan fingerprint density at radius 1 is 0.727 bits per heavy atom. The average Bonchev–Trinajstić information content (AvgIpc) is 3.08. The third-order valence-corrected chi connectivity index (χ3v) is 9.05. The molecule has 0 aromatic heterocycles. The average molecular weight is 563 g/mol. The van der Waals surface area contributed by atoms with Crippen LogP contribution in [0.25, 0.3) is 5.57 Å². The maximum absolute atomic E-state index is 13.8. The fourth-order valence-electron chi connectivity index (χ4n) is 4.58. The number of hydrogen-bond acceptors (Lipinski definition) is 2. The van der Waals surface area contributed by atoms with Gasteiger partial charge in [0, 0.05) is 9.15 Å². The van der Waals surface area contributed by atoms with E-state index in [0.717, 1.165) is 31.4 Å². The molecule has 3 nitrogen and oxygen atoms in total. The summed E-state index contributed by atoms with van der Waals surface area (Å²) >= 11 is 2.33. The van der Waals surface area contributed by atoms with E-state index in [-0.39, 0.29) is 4.90 Å². The van der Waals surface area contributed by atoms with Crippen LogP contribution >= 0.6 is 22.6 Å². The van der Waals surface area contributed by atoms with Gasteiger partial charge in [0.2, 0.25) is 10.0 Å². The van der Waals surface area contributed by atoms with Crippen LogP contribution in [0, 0.1) is 6.92 Å². The van der Waals surface area contributed by atoms with Crippen molar-refractivity contribution in [2.45, 2.75) is 17.4 Å². The van der Waals surface area contributed by atoms with Crippen molar-refractivity contribution in [2.75, 3.05) is 0 Å². The predicted molar refractivity (Wildman–Crippen MR) is 142 cm³/mol. The molecule has 4 aromatic rings. The van der Waals surface area contributed by atoms with Crippen LogP contribution in [0.4, 0.5) is 0 Å². The van der Waals surface area contributed by atoms with E-state index >= 15 is 0 Å². The molecule has 1 unspecified atom stereocenters. The molecule has 5 heteroatoms. The van der Waals surface area contributed by atoms with Crippen LogP contribution in [-0.2, 0) is 15.6 Å². The topological polar surface area (TPSA) is 46.2 Å². The third-order valence-electron chi connectivity index (χ3n) is 6.09. The Morgan fingerprint density at radius 3 is 2.00 bits per heavy atom. The molecule has 0 amide bonds. The standard InChI is InChI=1S/C28H22INO2S/c1-20-12-8-11-19-25(20)33(31,32)30-28(22-15-6-3-7-16-22)24-18-10-9-17-23(24)26(27(28)29)21-13-4-2-5-14-21/h2-19,30H,1H3. The Morgan fingerprint density at radius 2 is 1.30 bits per heavy atom. The SMILES string of the molecule is Cc1ccccc1S(=O)(=O)NC1(c2ccccc2)C(I)=C(c2ccccc2)c2ccccc21. The van der Waals surface area contributed by atoms with Gasteiger partial charge in [-0.3, -0.25) is 0 Å². The monoisotopic (exact) mass is 563 g/mol. The summed E-state index contributed by atoms with van der Waals surface area (Å²) in [5, 5.41) is 0. The summed E-state index contributed by atoms with van der Waals surface area (Å²) in [6.07, 6.45) is 0. The van der Waals surface area contributed by atoms with Gasteiger partial charge in [-0.15, -0.1) is 0 Å². The maximum Gasteiger partial charge on any atom is 0.242 e. The number of sulfonamides is 1. The van der Waals surface area contributed by atoms with Gasteiger partial charge < -0.3 is 0 Å². The second-order valence-corrected chi connectivity index (χ2v) is 10.8. The minimum atomic E-state index is -3.85. The highest BCUT2D eigenvalue weighted by Crippen LogP contribution is 2.54. The van der Waals surface area contributed by atoms with Crippen LogP contribution in [0.5, 0.6) is 0 Å². The van der Waals surface area contributed by atoms with Gasteiger partial charge in [0.1, 0.15) is 5.54 Å². The fraction of sp³-hybridized carbons (Fsp3) is 0.0714. The van der Waals surface area contributed by atoms with E-state index < -0.39 is 15.6 Å². The zero-order valence-corrected chi connectivity index (χ0v) is 21.0. The summed E-state index contributed by atoms with van der Waals surface area (Å²) in [5.41, 5.74) is 4.61. The second-order valence-electron chi connectivity index (χ2n) is 8.09. The van der Waals surface area contributed by atoms with Gasteiger partial charge in [0.25, 0.3) is 0 Å². The summed E-state index contributed by atoms with van der Waals surface area (Å²) in [6, 6.07) is 35.1. The van der Waals surface area contributed by atoms with Crippen molar-refractivity contribution in [1.82, 2.24) is 4.72 Å². The van der Waals surface area contributed by atoms with Gasteiger partial charge in [0.15, 0.2) is 0 Å². The van der Waals surface area contributed by atoms with Gasteiger partial charge in [-0.1, -0.05) is 103 Å². The summed E-state index contributed by atoms with van der Waals surface area (Å²) in [7, 11) is -3.85. The molecular weight excluding hydrogens is 541 g/mol. The molecule has 0 bridgehead atoms. The van der Waals surface area contributed by atoms with E-state index in [0.29, 0.717) is 5.56 Å². The Kier molecular flexibility index (Phi) is 5.72. The Labute approximate surface area is 208 Å². The largest absolute Gasteiger partial charge is 0.242 e. The normalized spacial score (nSPS) is 17.8. The van der Waals surface area contributed by atoms with Crippen LogP contribution in [0.2, 0.25) is 0 Å². The Bertz CT molecular complexity index is 1460. The van der Waals surface area contributed by atoms with Gasteiger partial charge in [0.05, 0.1) is 4.90 Å². The van der Waals surface area contributed by atoms with Crippen molar-refractivity contribution in [1.29, 1.82) is 0 Å². The van der Waals surface area contributed by atoms with E-state index in [4.69, 9.17) is 0 Å². The molecule has 1 aliphatic carbocycles. The van der Waals surface area contributed by atoms with Crippen LogP contribution in [-0.4, -0.2) is 8.42 Å². The lowest BCUT2D eigenvalue weighted by Gasteiger charge is -2.33. The molecule has 0 aliphatic heterocycles. The lowest BCUT2D eigenvalue weighted by molar-refractivity contribution is 0.539. The first-order valence-electron chi connectivity index (χ1n) is 10.7. The number of rotatable bonds is 5. The molecule has 33 heavy (non-hydrogen) atoms. The lowest BCUT2D eigenvalue weighted by Crippen LogP contribution is -2.46. The highest BCUT2D eigenvalue weighted by molar-refractivity contribution is 14.1. The first-order chi connectivity index (χ1) is 15.9. The fourth-order valence-corrected chi connectivity index (χ4v) is 7.70. The molecule has 0 saturated heterocycles. The van der Waals surface area contributed by atoms with Gasteiger partial charge in [-0.05, 0) is 63.4 Å². The molecule has 1 aliphatic rings. The van der Waals surface area contributed by atoms with Crippen molar-refractivity contribution in [2.24, 2.45) is 0 Å². The van der Waals surface area contributed by atoms with E-state index in [1.165, 1.54) is 0 Å². The summed E-state index contributed by atoms with van der Waals surface area (Å²) in [6.45, 7) is 1.82. The molecule has 164 valence electrons. The minimum Gasteiger partial charge on any atom is -0.207 e. The van der Waals surface area contributed by atoms with Crippen LogP contribution in [0.3, 0.4) is 0 Å². The second kappa shape index (κ2) is 8.56. The summed E-state index contributed by atoms with van der Waals surface area (Å²) < 4.78 is 31.8. The van der Waals surface area contributed by atoms with Crippen molar-refractivity contribution in [3.05, 3.63) is 141 Å². The molecule has 5 rings (SSSR count). The molecule has 0 saturated carbocycles. The number of aryl methyl sites for hydroxylation is 1. The summed E-state index contributed by atoms with van der Waals surface area (Å²) in [5.74, 6) is 0. The number of fused-ring (bicyclic) bond motifs is 1. The molecule has 1 atom stereocenters. The van der Waals surface area contributed by atoms with Gasteiger partial charge in [-0.2, -0.15) is 4.72 Å². The zero-order valence-electron chi connectivity index (χ0n) is 18.0. The molecule has 0 spiro atoms. The van der Waals surface area contributed by atoms with Crippen molar-refractivity contribution in [3.63, 3.8) is 0 Å². The highest BCUT2D eigenvalue weighted by atomic mass is 127. The van der Waals surface area contributed by atoms with Crippen molar-refractivity contribution < 1.29 is 8.42 Å². The number of benzene rings is 4. The smallest absolute Gasteiger partial charge is 0.207 e.